The Kier molecular flexibility index (Phi) is 5.61. The molecule has 0 bridgehead atoms. The molecule has 1 amide bonds. The second-order valence-corrected chi connectivity index (χ2v) is 6.89. The van der Waals surface area contributed by atoms with Crippen LogP contribution in [0.15, 0.2) is 52.9 Å². The molecule has 1 aromatic heterocycles. The lowest BCUT2D eigenvalue weighted by Gasteiger charge is -2.19. The first-order valence-electron chi connectivity index (χ1n) is 8.32. The van der Waals surface area contributed by atoms with Crippen LogP contribution in [0, 0.1) is 19.7 Å². The predicted molar refractivity (Wildman–Crippen MR) is 108 cm³/mol. The molecule has 2 aromatic carbocycles. The van der Waals surface area contributed by atoms with Gasteiger partial charge in [0.1, 0.15) is 5.82 Å². The first-order valence-corrected chi connectivity index (χ1v) is 9.20. The maximum atomic E-state index is 12.9. The van der Waals surface area contributed by atoms with Crippen molar-refractivity contribution < 1.29 is 9.18 Å². The van der Waals surface area contributed by atoms with Gasteiger partial charge in [-0.15, -0.1) is 11.3 Å². The number of halogens is 1. The third-order valence-corrected chi connectivity index (χ3v) is 4.84. The van der Waals surface area contributed by atoms with Crippen LogP contribution in [-0.4, -0.2) is 17.1 Å². The van der Waals surface area contributed by atoms with Crippen LogP contribution in [0.1, 0.15) is 23.7 Å². The summed E-state index contributed by atoms with van der Waals surface area (Å²) in [6.07, 6.45) is 1.56. The maximum Gasteiger partial charge on any atom is 0.230 e. The van der Waals surface area contributed by atoms with Gasteiger partial charge in [-0.25, -0.2) is 9.37 Å². The van der Waals surface area contributed by atoms with E-state index in [-0.39, 0.29) is 11.7 Å². The lowest BCUT2D eigenvalue weighted by Crippen LogP contribution is -2.22. The number of amides is 1. The minimum Gasteiger partial charge on any atom is -0.278 e. The van der Waals surface area contributed by atoms with Gasteiger partial charge in [0, 0.05) is 12.3 Å². The normalized spacial score (nSPS) is 11.0. The molecule has 3 aromatic rings. The quantitative estimate of drug-likeness (QED) is 0.497. The fourth-order valence-corrected chi connectivity index (χ4v) is 3.26. The van der Waals surface area contributed by atoms with Crippen molar-refractivity contribution in [2.75, 3.05) is 10.3 Å². The number of nitrogens with one attached hydrogen (secondary N) is 1. The van der Waals surface area contributed by atoms with E-state index < -0.39 is 0 Å². The molecule has 3 rings (SSSR count). The number of hydrazone groups is 1. The molecule has 7 heteroatoms. The average Bonchev–Trinajstić information content (AvgIpc) is 3.08. The number of nitrogens with zero attached hydrogens (tertiary/aromatic N) is 3. The third kappa shape index (κ3) is 4.57. The van der Waals surface area contributed by atoms with Gasteiger partial charge in [-0.05, 0) is 61.4 Å². The number of carbonyl (C=O) groups is 1. The molecule has 5 nitrogen and oxygen atoms in total. The summed E-state index contributed by atoms with van der Waals surface area (Å²) < 4.78 is 12.9. The minimum absolute atomic E-state index is 0.111. The van der Waals surface area contributed by atoms with Gasteiger partial charge in [-0.2, -0.15) is 5.10 Å². The number of hydrogen-bond acceptors (Lipinski definition) is 5. The Balaban J connectivity index is 1.77. The highest BCUT2D eigenvalue weighted by molar-refractivity contribution is 7.14. The summed E-state index contributed by atoms with van der Waals surface area (Å²) in [5.74, 6) is -0.412. The highest BCUT2D eigenvalue weighted by atomic mass is 32.1. The van der Waals surface area contributed by atoms with Gasteiger partial charge in [-0.3, -0.25) is 15.1 Å². The van der Waals surface area contributed by atoms with Crippen molar-refractivity contribution in [3.8, 4) is 0 Å². The number of benzene rings is 2. The third-order valence-electron chi connectivity index (χ3n) is 4.00. The van der Waals surface area contributed by atoms with Gasteiger partial charge < -0.3 is 0 Å². The number of rotatable bonds is 5. The number of carbonyl (C=O) groups excluding carboxylic acids is 1. The van der Waals surface area contributed by atoms with Gasteiger partial charge in [0.05, 0.1) is 23.3 Å². The second-order valence-electron chi connectivity index (χ2n) is 6.05. The topological polar surface area (TPSA) is 57.6 Å². The number of aryl methyl sites for hydroxylation is 2. The fourth-order valence-electron chi connectivity index (χ4n) is 2.43. The molecule has 0 radical (unpaired) electrons. The second kappa shape index (κ2) is 8.09. The largest absolute Gasteiger partial charge is 0.278 e. The molecule has 0 aliphatic rings. The van der Waals surface area contributed by atoms with Crippen LogP contribution < -0.4 is 10.3 Å². The van der Waals surface area contributed by atoms with Gasteiger partial charge in [0.2, 0.25) is 5.91 Å². The van der Waals surface area contributed by atoms with Gasteiger partial charge in [-0.1, -0.05) is 6.07 Å². The number of anilines is 3. The summed E-state index contributed by atoms with van der Waals surface area (Å²) in [7, 11) is 0. The smallest absolute Gasteiger partial charge is 0.230 e. The van der Waals surface area contributed by atoms with Crippen molar-refractivity contribution in [2.45, 2.75) is 20.8 Å². The van der Waals surface area contributed by atoms with Gasteiger partial charge in [0.25, 0.3) is 0 Å². The van der Waals surface area contributed by atoms with Crippen molar-refractivity contribution in [1.29, 1.82) is 0 Å². The van der Waals surface area contributed by atoms with E-state index in [1.165, 1.54) is 36.0 Å². The minimum atomic E-state index is -0.302. The van der Waals surface area contributed by atoms with E-state index in [0.29, 0.717) is 16.5 Å². The van der Waals surface area contributed by atoms with E-state index in [9.17, 15) is 9.18 Å². The molecule has 0 aliphatic carbocycles. The molecule has 0 aliphatic heterocycles. The van der Waals surface area contributed by atoms with E-state index in [1.54, 1.807) is 23.2 Å². The van der Waals surface area contributed by atoms with Crippen molar-refractivity contribution in [2.24, 2.45) is 5.10 Å². The van der Waals surface area contributed by atoms with Crippen LogP contribution in [0.4, 0.5) is 20.9 Å². The average molecular weight is 382 g/mol. The summed E-state index contributed by atoms with van der Waals surface area (Å²) in [5.41, 5.74) is 7.17. The predicted octanol–water partition coefficient (Wildman–Crippen LogP) is 5.03. The van der Waals surface area contributed by atoms with Gasteiger partial charge in [0.15, 0.2) is 5.13 Å². The van der Waals surface area contributed by atoms with Crippen molar-refractivity contribution in [3.05, 3.63) is 70.5 Å². The first kappa shape index (κ1) is 18.7. The fraction of sp³-hybridized carbons (Fsp3) is 0.150. The Hall–Kier alpha value is -3.06. The molecule has 27 heavy (non-hydrogen) atoms. The van der Waals surface area contributed by atoms with Crippen molar-refractivity contribution >= 4 is 40.0 Å². The van der Waals surface area contributed by atoms with Crippen molar-refractivity contribution in [1.82, 2.24) is 4.98 Å². The van der Waals surface area contributed by atoms with Crippen LogP contribution in [0.3, 0.4) is 0 Å². The van der Waals surface area contributed by atoms with Crippen LogP contribution >= 0.6 is 11.3 Å². The Bertz CT molecular complexity index is 982. The van der Waals surface area contributed by atoms with E-state index in [1.807, 2.05) is 37.4 Å². The molecule has 1 N–H and O–H groups in total. The molecule has 0 fully saturated rings. The van der Waals surface area contributed by atoms with Crippen LogP contribution in [0.5, 0.6) is 0 Å². The van der Waals surface area contributed by atoms with Gasteiger partial charge >= 0.3 is 0 Å². The maximum absolute atomic E-state index is 12.9. The van der Waals surface area contributed by atoms with E-state index in [2.05, 4.69) is 15.5 Å². The Morgan fingerprint density at radius 2 is 1.93 bits per heavy atom. The number of thiazole rings is 1. The SMILES string of the molecule is CC(=O)N(c1ccc(C)c(C)c1)c1nc(/C=N\Nc2ccc(F)cc2)cs1. The summed E-state index contributed by atoms with van der Waals surface area (Å²) >= 11 is 1.36. The summed E-state index contributed by atoms with van der Waals surface area (Å²) in [4.78, 5) is 18.3. The zero-order chi connectivity index (χ0) is 19.4. The summed E-state index contributed by atoms with van der Waals surface area (Å²) in [6.45, 7) is 5.56. The molecule has 0 spiro atoms. The highest BCUT2D eigenvalue weighted by Gasteiger charge is 2.18. The van der Waals surface area contributed by atoms with Crippen LogP contribution in [-0.2, 0) is 4.79 Å². The lowest BCUT2D eigenvalue weighted by molar-refractivity contribution is -0.115. The Labute approximate surface area is 161 Å². The molecule has 138 valence electrons. The van der Waals surface area contributed by atoms with E-state index in [0.717, 1.165) is 11.3 Å². The van der Waals surface area contributed by atoms with Crippen LogP contribution in [0.2, 0.25) is 0 Å². The van der Waals surface area contributed by atoms with E-state index >= 15 is 0 Å². The molecule has 0 atom stereocenters. The zero-order valence-corrected chi connectivity index (χ0v) is 16.0. The standard InChI is InChI=1S/C20H19FN4OS/c1-13-4-9-19(10-14(13)2)25(15(3)26)20-23-18(12-27-20)11-22-24-17-7-5-16(21)6-8-17/h4-12,24H,1-3H3/b22-11-. The Morgan fingerprint density at radius 1 is 1.19 bits per heavy atom. The number of aromatic nitrogens is 1. The summed E-state index contributed by atoms with van der Waals surface area (Å²) in [6, 6.07) is 11.8. The molecule has 0 saturated heterocycles. The zero-order valence-electron chi connectivity index (χ0n) is 15.2. The van der Waals surface area contributed by atoms with E-state index in [4.69, 9.17) is 0 Å². The van der Waals surface area contributed by atoms with Crippen molar-refractivity contribution in [3.63, 3.8) is 0 Å². The summed E-state index contributed by atoms with van der Waals surface area (Å²) in [5, 5.41) is 6.50. The molecular weight excluding hydrogens is 363 g/mol. The first-order chi connectivity index (χ1) is 12.9. The number of hydrogen-bond donors (Lipinski definition) is 1. The molecule has 0 unspecified atom stereocenters. The molecular formula is C20H19FN4OS. The molecule has 0 saturated carbocycles. The molecule has 1 heterocycles. The monoisotopic (exact) mass is 382 g/mol. The highest BCUT2D eigenvalue weighted by Crippen LogP contribution is 2.29. The Morgan fingerprint density at radius 3 is 2.59 bits per heavy atom. The lowest BCUT2D eigenvalue weighted by atomic mass is 10.1. The van der Waals surface area contributed by atoms with Crippen LogP contribution in [0.25, 0.3) is 0 Å².